The van der Waals surface area contributed by atoms with Gasteiger partial charge in [0, 0.05) is 6.07 Å². The number of benzene rings is 2. The van der Waals surface area contributed by atoms with Gasteiger partial charge in [0.1, 0.15) is 11.5 Å². The van der Waals surface area contributed by atoms with Gasteiger partial charge in [-0.3, -0.25) is 4.79 Å². The lowest BCUT2D eigenvalue weighted by Gasteiger charge is -2.07. The molecule has 0 unspecified atom stereocenters. The second-order valence-corrected chi connectivity index (χ2v) is 5.25. The predicted molar refractivity (Wildman–Crippen MR) is 89.4 cm³/mol. The molecular formula is C17H14Cl2O3. The minimum atomic E-state index is -0.175. The highest BCUT2D eigenvalue weighted by molar-refractivity contribution is 6.42. The van der Waals surface area contributed by atoms with Gasteiger partial charge in [0.2, 0.25) is 0 Å². The number of ketones is 1. The van der Waals surface area contributed by atoms with Crippen LogP contribution in [0.25, 0.3) is 6.08 Å². The van der Waals surface area contributed by atoms with Crippen molar-refractivity contribution in [2.75, 3.05) is 14.2 Å². The van der Waals surface area contributed by atoms with E-state index in [0.717, 1.165) is 5.56 Å². The van der Waals surface area contributed by atoms with Gasteiger partial charge < -0.3 is 9.47 Å². The van der Waals surface area contributed by atoms with E-state index in [2.05, 4.69) is 0 Å². The summed E-state index contributed by atoms with van der Waals surface area (Å²) < 4.78 is 10.3. The Kier molecular flexibility index (Phi) is 5.47. The molecule has 0 fully saturated rings. The van der Waals surface area contributed by atoms with Crippen molar-refractivity contribution in [2.24, 2.45) is 0 Å². The van der Waals surface area contributed by atoms with Gasteiger partial charge in [-0.05, 0) is 35.9 Å². The Hall–Kier alpha value is -1.97. The van der Waals surface area contributed by atoms with Crippen LogP contribution >= 0.6 is 23.2 Å². The minimum Gasteiger partial charge on any atom is -0.497 e. The van der Waals surface area contributed by atoms with E-state index in [0.29, 0.717) is 27.1 Å². The van der Waals surface area contributed by atoms with Gasteiger partial charge >= 0.3 is 0 Å². The summed E-state index contributed by atoms with van der Waals surface area (Å²) in [5.41, 5.74) is 1.25. The third kappa shape index (κ3) is 3.81. The molecule has 5 heteroatoms. The van der Waals surface area contributed by atoms with Crippen LogP contribution in [0.4, 0.5) is 0 Å². The second-order valence-electron chi connectivity index (χ2n) is 4.44. The molecule has 22 heavy (non-hydrogen) atoms. The van der Waals surface area contributed by atoms with Crippen molar-refractivity contribution in [2.45, 2.75) is 0 Å². The van der Waals surface area contributed by atoms with Crippen molar-refractivity contribution in [3.8, 4) is 11.5 Å². The van der Waals surface area contributed by atoms with Gasteiger partial charge in [-0.1, -0.05) is 35.3 Å². The molecular weight excluding hydrogens is 323 g/mol. The zero-order valence-corrected chi connectivity index (χ0v) is 13.6. The van der Waals surface area contributed by atoms with Crippen LogP contribution in [0.3, 0.4) is 0 Å². The molecule has 2 aromatic rings. The molecule has 0 saturated heterocycles. The minimum absolute atomic E-state index is 0.175. The summed E-state index contributed by atoms with van der Waals surface area (Å²) in [5.74, 6) is 0.913. The quantitative estimate of drug-likeness (QED) is 0.575. The Morgan fingerprint density at radius 1 is 1.00 bits per heavy atom. The summed E-state index contributed by atoms with van der Waals surface area (Å²) in [7, 11) is 3.06. The molecule has 0 aromatic heterocycles. The molecule has 0 atom stereocenters. The van der Waals surface area contributed by atoms with Crippen LogP contribution in [0, 0.1) is 0 Å². The smallest absolute Gasteiger partial charge is 0.189 e. The number of hydrogen-bond donors (Lipinski definition) is 0. The average molecular weight is 337 g/mol. The molecule has 3 nitrogen and oxygen atoms in total. The van der Waals surface area contributed by atoms with Crippen molar-refractivity contribution in [3.05, 3.63) is 63.6 Å². The van der Waals surface area contributed by atoms with Crippen molar-refractivity contribution < 1.29 is 14.3 Å². The predicted octanol–water partition coefficient (Wildman–Crippen LogP) is 4.91. The highest BCUT2D eigenvalue weighted by Gasteiger charge is 2.10. The van der Waals surface area contributed by atoms with Gasteiger partial charge in [-0.15, -0.1) is 0 Å². The number of carbonyl (C=O) groups is 1. The number of allylic oxidation sites excluding steroid dienone is 1. The molecule has 0 bridgehead atoms. The van der Waals surface area contributed by atoms with Crippen LogP contribution in [-0.2, 0) is 0 Å². The summed E-state index contributed by atoms with van der Waals surface area (Å²) in [6.07, 6.45) is 3.14. The highest BCUT2D eigenvalue weighted by atomic mass is 35.5. The first-order valence-electron chi connectivity index (χ1n) is 6.44. The average Bonchev–Trinajstić information content (AvgIpc) is 2.54. The van der Waals surface area contributed by atoms with Crippen molar-refractivity contribution in [1.82, 2.24) is 0 Å². The first-order chi connectivity index (χ1) is 10.5. The van der Waals surface area contributed by atoms with E-state index in [-0.39, 0.29) is 5.78 Å². The zero-order valence-electron chi connectivity index (χ0n) is 12.1. The van der Waals surface area contributed by atoms with E-state index in [1.807, 2.05) is 0 Å². The fraction of sp³-hybridized carbons (Fsp3) is 0.118. The standard InChI is InChI=1S/C17H14Cl2O3/c1-21-12-5-6-13(17(10-12)22-2)16(20)8-4-11-3-7-14(18)15(19)9-11/h3-10H,1-2H3/b8-4+. The van der Waals surface area contributed by atoms with Gasteiger partial charge in [-0.25, -0.2) is 0 Å². The van der Waals surface area contributed by atoms with E-state index >= 15 is 0 Å². The van der Waals surface area contributed by atoms with E-state index < -0.39 is 0 Å². The molecule has 0 amide bonds. The largest absolute Gasteiger partial charge is 0.497 e. The van der Waals surface area contributed by atoms with Crippen LogP contribution in [0.5, 0.6) is 11.5 Å². The molecule has 0 aliphatic carbocycles. The molecule has 0 aliphatic heterocycles. The van der Waals surface area contributed by atoms with Gasteiger partial charge in [-0.2, -0.15) is 0 Å². The first-order valence-corrected chi connectivity index (χ1v) is 7.20. The Balaban J connectivity index is 2.24. The number of methoxy groups -OCH3 is 2. The number of rotatable bonds is 5. The first kappa shape index (κ1) is 16.4. The number of hydrogen-bond acceptors (Lipinski definition) is 3. The number of carbonyl (C=O) groups excluding carboxylic acids is 1. The summed E-state index contributed by atoms with van der Waals surface area (Å²) in [5, 5.41) is 0.917. The maximum absolute atomic E-state index is 12.3. The lowest BCUT2D eigenvalue weighted by atomic mass is 10.1. The van der Waals surface area contributed by atoms with Crippen LogP contribution < -0.4 is 9.47 Å². The fourth-order valence-corrected chi connectivity index (χ4v) is 2.19. The second kappa shape index (κ2) is 7.34. The van der Waals surface area contributed by atoms with Crippen molar-refractivity contribution in [1.29, 1.82) is 0 Å². The third-order valence-electron chi connectivity index (χ3n) is 3.04. The number of halogens is 2. The Bertz CT molecular complexity index is 724. The van der Waals surface area contributed by atoms with Gasteiger partial charge in [0.05, 0.1) is 29.8 Å². The normalized spacial score (nSPS) is 10.7. The molecule has 0 heterocycles. The maximum atomic E-state index is 12.3. The molecule has 0 radical (unpaired) electrons. The summed E-state index contributed by atoms with van der Waals surface area (Å²) in [6, 6.07) is 10.2. The van der Waals surface area contributed by atoms with E-state index in [1.165, 1.54) is 13.2 Å². The lowest BCUT2D eigenvalue weighted by Crippen LogP contribution is -1.99. The molecule has 2 rings (SSSR count). The fourth-order valence-electron chi connectivity index (χ4n) is 1.88. The SMILES string of the molecule is COc1ccc(C(=O)/C=C/c2ccc(Cl)c(Cl)c2)c(OC)c1. The lowest BCUT2D eigenvalue weighted by molar-refractivity contribution is 0.104. The molecule has 0 saturated carbocycles. The van der Waals surface area contributed by atoms with Crippen LogP contribution in [0.1, 0.15) is 15.9 Å². The molecule has 0 N–H and O–H groups in total. The third-order valence-corrected chi connectivity index (χ3v) is 3.78. The van der Waals surface area contributed by atoms with Crippen LogP contribution in [0.15, 0.2) is 42.5 Å². The van der Waals surface area contributed by atoms with E-state index in [9.17, 15) is 4.79 Å². The van der Waals surface area contributed by atoms with Crippen molar-refractivity contribution in [3.63, 3.8) is 0 Å². The molecule has 2 aromatic carbocycles. The topological polar surface area (TPSA) is 35.5 Å². The summed E-state index contributed by atoms with van der Waals surface area (Å²) in [4.78, 5) is 12.3. The molecule has 0 aliphatic rings. The van der Waals surface area contributed by atoms with Gasteiger partial charge in [0.15, 0.2) is 5.78 Å². The molecule has 0 spiro atoms. The van der Waals surface area contributed by atoms with Crippen molar-refractivity contribution >= 4 is 35.1 Å². The Labute approximate surface area is 139 Å². The van der Waals surface area contributed by atoms with E-state index in [4.69, 9.17) is 32.7 Å². The number of ether oxygens (including phenoxy) is 2. The zero-order chi connectivity index (χ0) is 16.1. The highest BCUT2D eigenvalue weighted by Crippen LogP contribution is 2.26. The summed E-state index contributed by atoms with van der Waals surface area (Å²) in [6.45, 7) is 0. The maximum Gasteiger partial charge on any atom is 0.189 e. The molecule has 114 valence electrons. The van der Waals surface area contributed by atoms with Crippen LogP contribution in [-0.4, -0.2) is 20.0 Å². The Morgan fingerprint density at radius 2 is 1.77 bits per heavy atom. The Morgan fingerprint density at radius 3 is 2.41 bits per heavy atom. The monoisotopic (exact) mass is 336 g/mol. The van der Waals surface area contributed by atoms with Gasteiger partial charge in [0.25, 0.3) is 0 Å². The summed E-state index contributed by atoms with van der Waals surface area (Å²) >= 11 is 11.8. The van der Waals surface area contributed by atoms with E-state index in [1.54, 1.807) is 49.6 Å². The van der Waals surface area contributed by atoms with Crippen LogP contribution in [0.2, 0.25) is 10.0 Å².